The quantitative estimate of drug-likeness (QED) is 0.367. The van der Waals surface area contributed by atoms with Gasteiger partial charge in [0.05, 0.1) is 12.2 Å². The number of carbonyl (C=O) groups is 2. The second-order valence-electron chi connectivity index (χ2n) is 11.9. The van der Waals surface area contributed by atoms with E-state index in [1.165, 1.54) is 12.0 Å². The highest BCUT2D eigenvalue weighted by Crippen LogP contribution is 2.28. The Kier molecular flexibility index (Phi) is 11.2. The summed E-state index contributed by atoms with van der Waals surface area (Å²) in [5, 5.41) is 0. The third kappa shape index (κ3) is 8.91. The highest BCUT2D eigenvalue weighted by atomic mass is 16.5. The fraction of sp³-hybridized carbons (Fsp3) is 0.444. The molecular weight excluding hydrogens is 536 g/mol. The van der Waals surface area contributed by atoms with Crippen molar-refractivity contribution in [1.82, 2.24) is 14.7 Å². The molecular formula is C36H46N4O3. The van der Waals surface area contributed by atoms with Crippen molar-refractivity contribution in [2.45, 2.75) is 52.1 Å². The van der Waals surface area contributed by atoms with E-state index in [4.69, 9.17) is 4.74 Å². The Bertz CT molecular complexity index is 1310. The normalized spacial score (nSPS) is 17.4. The van der Waals surface area contributed by atoms with Crippen LogP contribution in [0.1, 0.15) is 48.8 Å². The number of anilines is 1. The minimum Gasteiger partial charge on any atom is -0.484 e. The van der Waals surface area contributed by atoms with E-state index in [2.05, 4.69) is 53.1 Å². The van der Waals surface area contributed by atoms with Gasteiger partial charge in [0.1, 0.15) is 5.75 Å². The number of ether oxygens (including phenoxy) is 1. The number of benzene rings is 3. The fourth-order valence-electron chi connectivity index (χ4n) is 6.29. The van der Waals surface area contributed by atoms with E-state index in [0.29, 0.717) is 31.9 Å². The summed E-state index contributed by atoms with van der Waals surface area (Å²) in [5.74, 6) is 0.780. The van der Waals surface area contributed by atoms with Crippen LogP contribution in [-0.2, 0) is 22.7 Å². The molecule has 0 radical (unpaired) electrons. The molecule has 43 heavy (non-hydrogen) atoms. The van der Waals surface area contributed by atoms with Gasteiger partial charge < -0.3 is 14.5 Å². The number of carbonyl (C=O) groups excluding carboxylic acids is 2. The van der Waals surface area contributed by atoms with Gasteiger partial charge in [-0.1, -0.05) is 73.2 Å². The van der Waals surface area contributed by atoms with Crippen molar-refractivity contribution >= 4 is 17.5 Å². The van der Waals surface area contributed by atoms with Gasteiger partial charge in [0, 0.05) is 39.3 Å². The number of nitrogens with zero attached hydrogens (tertiary/aromatic N) is 4. The summed E-state index contributed by atoms with van der Waals surface area (Å²) in [7, 11) is 0. The number of hydrogen-bond donors (Lipinski definition) is 0. The van der Waals surface area contributed by atoms with Crippen LogP contribution in [0.4, 0.5) is 5.69 Å². The van der Waals surface area contributed by atoms with Crippen LogP contribution in [0, 0.1) is 6.92 Å². The van der Waals surface area contributed by atoms with E-state index in [0.717, 1.165) is 75.2 Å². The van der Waals surface area contributed by atoms with E-state index in [1.54, 1.807) is 0 Å². The van der Waals surface area contributed by atoms with E-state index in [-0.39, 0.29) is 18.4 Å². The Morgan fingerprint density at radius 3 is 2.09 bits per heavy atom. The molecule has 0 N–H and O–H groups in total. The lowest BCUT2D eigenvalue weighted by atomic mass is 10.0. The molecule has 2 amide bonds. The number of rotatable bonds is 7. The number of amides is 2. The topological polar surface area (TPSA) is 56.3 Å². The first-order valence-corrected chi connectivity index (χ1v) is 15.9. The molecule has 3 aromatic carbocycles. The predicted molar refractivity (Wildman–Crippen MR) is 172 cm³/mol. The van der Waals surface area contributed by atoms with Crippen LogP contribution in [0.2, 0.25) is 0 Å². The lowest BCUT2D eigenvalue weighted by Gasteiger charge is -2.34. The summed E-state index contributed by atoms with van der Waals surface area (Å²) < 4.78 is 5.92. The highest BCUT2D eigenvalue weighted by molar-refractivity contribution is 5.96. The minimum absolute atomic E-state index is 0.0386. The van der Waals surface area contributed by atoms with Gasteiger partial charge in [0.15, 0.2) is 6.61 Å². The van der Waals surface area contributed by atoms with Crippen molar-refractivity contribution in [1.29, 1.82) is 0 Å². The standard InChI is InChI=1S/C36H46N4O3/c1-30-14-11-17-32-27-39(34(41)28-38-20-9-4-10-21-38)24-12-22-37(26-31-15-5-2-6-16-31)23-13-25-40(36(30)32)35(42)29-43-33-18-7-3-8-19-33/h2-3,5-8,11,14-19H,4,9-10,12-13,20-29H2,1H3. The van der Waals surface area contributed by atoms with Gasteiger partial charge in [0.2, 0.25) is 5.91 Å². The molecule has 1 fully saturated rings. The largest absolute Gasteiger partial charge is 0.484 e. The molecule has 0 aromatic heterocycles. The lowest BCUT2D eigenvalue weighted by Crippen LogP contribution is -2.44. The van der Waals surface area contributed by atoms with Gasteiger partial charge in [-0.3, -0.25) is 19.4 Å². The average Bonchev–Trinajstić information content (AvgIpc) is 3.02. The summed E-state index contributed by atoms with van der Waals surface area (Å²) in [6, 6.07) is 26.2. The fourth-order valence-corrected chi connectivity index (χ4v) is 6.29. The molecule has 0 aliphatic carbocycles. The molecule has 1 saturated heterocycles. The molecule has 3 aromatic rings. The first-order chi connectivity index (χ1) is 21.1. The molecule has 5 rings (SSSR count). The van der Waals surface area contributed by atoms with E-state index in [1.807, 2.05) is 52.3 Å². The van der Waals surface area contributed by atoms with E-state index >= 15 is 0 Å². The maximum atomic E-state index is 13.9. The van der Waals surface area contributed by atoms with Crippen LogP contribution in [-0.4, -0.2) is 78.9 Å². The Labute approximate surface area is 257 Å². The molecule has 0 unspecified atom stereocenters. The molecule has 2 heterocycles. The Balaban J connectivity index is 1.41. The first-order valence-electron chi connectivity index (χ1n) is 15.9. The molecule has 2 aliphatic rings. The Morgan fingerprint density at radius 1 is 0.674 bits per heavy atom. The van der Waals surface area contributed by atoms with Gasteiger partial charge in [-0.25, -0.2) is 0 Å². The van der Waals surface area contributed by atoms with Crippen LogP contribution in [0.25, 0.3) is 0 Å². The van der Waals surface area contributed by atoms with Crippen molar-refractivity contribution in [3.8, 4) is 5.75 Å². The predicted octanol–water partition coefficient (Wildman–Crippen LogP) is 5.52. The number of piperidine rings is 1. The summed E-state index contributed by atoms with van der Waals surface area (Å²) in [5.41, 5.74) is 4.24. The molecule has 0 atom stereocenters. The van der Waals surface area contributed by atoms with Crippen LogP contribution in [0.5, 0.6) is 5.75 Å². The van der Waals surface area contributed by atoms with Crippen LogP contribution < -0.4 is 9.64 Å². The number of hydrogen-bond acceptors (Lipinski definition) is 5. The second-order valence-corrected chi connectivity index (χ2v) is 11.9. The highest BCUT2D eigenvalue weighted by Gasteiger charge is 2.26. The van der Waals surface area contributed by atoms with Crippen LogP contribution in [0.3, 0.4) is 0 Å². The van der Waals surface area contributed by atoms with E-state index < -0.39 is 0 Å². The lowest BCUT2D eigenvalue weighted by molar-refractivity contribution is -0.133. The molecule has 0 saturated carbocycles. The maximum absolute atomic E-state index is 13.9. The zero-order chi connectivity index (χ0) is 29.9. The third-order valence-electron chi connectivity index (χ3n) is 8.53. The molecule has 228 valence electrons. The molecule has 0 spiro atoms. The van der Waals surface area contributed by atoms with Crippen molar-refractivity contribution in [2.75, 3.05) is 57.3 Å². The van der Waals surface area contributed by atoms with Crippen molar-refractivity contribution in [2.24, 2.45) is 0 Å². The van der Waals surface area contributed by atoms with Gasteiger partial charge in [-0.2, -0.15) is 0 Å². The third-order valence-corrected chi connectivity index (χ3v) is 8.53. The zero-order valence-corrected chi connectivity index (χ0v) is 25.6. The minimum atomic E-state index is -0.0720. The van der Waals surface area contributed by atoms with Crippen LogP contribution in [0.15, 0.2) is 78.9 Å². The zero-order valence-electron chi connectivity index (χ0n) is 25.6. The van der Waals surface area contributed by atoms with Crippen molar-refractivity contribution < 1.29 is 14.3 Å². The first kappa shape index (κ1) is 30.8. The summed E-state index contributed by atoms with van der Waals surface area (Å²) in [6.07, 6.45) is 5.32. The molecule has 7 heteroatoms. The Morgan fingerprint density at radius 2 is 1.35 bits per heavy atom. The summed E-state index contributed by atoms with van der Waals surface area (Å²) >= 11 is 0. The summed E-state index contributed by atoms with van der Waals surface area (Å²) in [6.45, 7) is 8.84. The van der Waals surface area contributed by atoms with Gasteiger partial charge in [-0.15, -0.1) is 0 Å². The van der Waals surface area contributed by atoms with Gasteiger partial charge in [0.25, 0.3) is 5.91 Å². The van der Waals surface area contributed by atoms with Crippen molar-refractivity contribution in [3.05, 3.63) is 95.6 Å². The van der Waals surface area contributed by atoms with Crippen LogP contribution >= 0.6 is 0 Å². The summed E-state index contributed by atoms with van der Waals surface area (Å²) in [4.78, 5) is 36.3. The number of aryl methyl sites for hydroxylation is 1. The Hall–Kier alpha value is -3.68. The second kappa shape index (κ2) is 15.7. The smallest absolute Gasteiger partial charge is 0.264 e. The monoisotopic (exact) mass is 582 g/mol. The SMILES string of the molecule is Cc1cccc2c1N(C(=O)COc1ccccc1)CCCN(Cc1ccccc1)CCCN(C(=O)CN1CCCCC1)C2. The van der Waals surface area contributed by atoms with Gasteiger partial charge >= 0.3 is 0 Å². The number of fused-ring (bicyclic) bond motifs is 1. The average molecular weight is 583 g/mol. The maximum Gasteiger partial charge on any atom is 0.264 e. The number of para-hydroxylation sites is 2. The molecule has 0 bridgehead atoms. The van der Waals surface area contributed by atoms with E-state index in [9.17, 15) is 9.59 Å². The number of likely N-dealkylation sites (tertiary alicyclic amines) is 1. The molecule has 2 aliphatic heterocycles. The molecule has 7 nitrogen and oxygen atoms in total. The van der Waals surface area contributed by atoms with Gasteiger partial charge in [-0.05, 0) is 74.5 Å². The van der Waals surface area contributed by atoms with Crippen molar-refractivity contribution in [3.63, 3.8) is 0 Å².